The molecule has 5 amide bonds. The number of hydrogen-bond donors (Lipinski definition) is 2. The third kappa shape index (κ3) is 4.03. The van der Waals surface area contributed by atoms with Gasteiger partial charge in [0.05, 0.1) is 22.8 Å². The summed E-state index contributed by atoms with van der Waals surface area (Å²) < 4.78 is 0. The lowest BCUT2D eigenvalue weighted by atomic mass is 10.0. The Bertz CT molecular complexity index is 1100. The third-order valence-electron chi connectivity index (χ3n) is 5.56. The van der Waals surface area contributed by atoms with E-state index in [1.54, 1.807) is 24.6 Å². The van der Waals surface area contributed by atoms with Crippen molar-refractivity contribution in [3.63, 3.8) is 0 Å². The van der Waals surface area contributed by atoms with Crippen molar-refractivity contribution in [3.8, 4) is 0 Å². The van der Waals surface area contributed by atoms with Crippen LogP contribution in [0.4, 0.5) is 10.5 Å². The summed E-state index contributed by atoms with van der Waals surface area (Å²) in [6.45, 7) is 2.46. The van der Waals surface area contributed by atoms with Gasteiger partial charge in [0.1, 0.15) is 6.04 Å². The van der Waals surface area contributed by atoms with Gasteiger partial charge in [-0.25, -0.2) is 4.79 Å². The molecule has 3 heterocycles. The van der Waals surface area contributed by atoms with E-state index in [1.165, 1.54) is 21.1 Å². The van der Waals surface area contributed by atoms with Crippen LogP contribution in [0.15, 0.2) is 23.6 Å². The molecular formula is C21H21ClN4O4S. The molecule has 0 radical (unpaired) electrons. The molecule has 1 fully saturated rings. The monoisotopic (exact) mass is 460 g/mol. The first kappa shape index (κ1) is 21.3. The minimum Gasteiger partial charge on any atom is -0.333 e. The van der Waals surface area contributed by atoms with Gasteiger partial charge in [-0.05, 0) is 36.6 Å². The molecule has 0 bridgehead atoms. The summed E-state index contributed by atoms with van der Waals surface area (Å²) in [6.07, 6.45) is 0.530. The molecule has 2 aliphatic heterocycles. The number of imide groups is 1. The highest BCUT2D eigenvalue weighted by atomic mass is 35.5. The van der Waals surface area contributed by atoms with Crippen molar-refractivity contribution in [2.75, 3.05) is 11.9 Å². The third-order valence-corrected chi connectivity index (χ3v) is 6.89. The Morgan fingerprint density at radius 2 is 2.13 bits per heavy atom. The Balaban J connectivity index is 1.43. The zero-order valence-corrected chi connectivity index (χ0v) is 18.6. The number of urea groups is 1. The first-order valence-electron chi connectivity index (χ1n) is 9.78. The maximum atomic E-state index is 12.8. The summed E-state index contributed by atoms with van der Waals surface area (Å²) in [6, 6.07) is 4.49. The first-order valence-corrected chi connectivity index (χ1v) is 11.0. The smallest absolute Gasteiger partial charge is 0.321 e. The molecular weight excluding hydrogens is 440 g/mol. The number of fused-ring (bicyclic) bond motifs is 1. The fraction of sp³-hybridized carbons (Fsp3) is 0.333. The van der Waals surface area contributed by atoms with Crippen LogP contribution >= 0.6 is 22.9 Å². The minimum atomic E-state index is -0.653. The molecule has 1 unspecified atom stereocenters. The van der Waals surface area contributed by atoms with Gasteiger partial charge >= 0.3 is 6.03 Å². The van der Waals surface area contributed by atoms with Crippen LogP contribution in [-0.4, -0.2) is 41.7 Å². The van der Waals surface area contributed by atoms with Crippen LogP contribution < -0.4 is 15.5 Å². The highest BCUT2D eigenvalue weighted by Gasteiger charge is 2.40. The quantitative estimate of drug-likeness (QED) is 0.685. The predicted molar refractivity (Wildman–Crippen MR) is 117 cm³/mol. The van der Waals surface area contributed by atoms with E-state index in [0.29, 0.717) is 22.7 Å². The van der Waals surface area contributed by atoms with Gasteiger partial charge < -0.3 is 10.2 Å². The number of nitrogens with one attached hydrogen (secondary N) is 2. The van der Waals surface area contributed by atoms with E-state index in [9.17, 15) is 19.2 Å². The molecule has 162 valence electrons. The topological polar surface area (TPSA) is 98.8 Å². The number of nitrogens with zero attached hydrogens (tertiary/aromatic N) is 2. The fourth-order valence-electron chi connectivity index (χ4n) is 3.82. The molecule has 0 aliphatic carbocycles. The van der Waals surface area contributed by atoms with Crippen molar-refractivity contribution >= 4 is 52.4 Å². The van der Waals surface area contributed by atoms with Crippen molar-refractivity contribution in [2.24, 2.45) is 0 Å². The maximum Gasteiger partial charge on any atom is 0.321 e. The molecule has 10 heteroatoms. The van der Waals surface area contributed by atoms with E-state index >= 15 is 0 Å². The van der Waals surface area contributed by atoms with Gasteiger partial charge in [0.15, 0.2) is 0 Å². The number of anilines is 1. The Morgan fingerprint density at radius 3 is 2.84 bits per heavy atom. The normalized spacial score (nSPS) is 18.1. The zero-order valence-electron chi connectivity index (χ0n) is 17.0. The number of hydrogen-bond acceptors (Lipinski definition) is 5. The Kier molecular flexibility index (Phi) is 5.72. The molecule has 1 atom stereocenters. The second-order valence-corrected chi connectivity index (χ2v) is 9.00. The molecule has 31 heavy (non-hydrogen) atoms. The SMILES string of the molecule is Cc1ccc(N(C)C(=O)NCc2scc3c2CN(C2CCC(=O)NC2=O)C3=O)c(Cl)c1. The average Bonchev–Trinajstić information content (AvgIpc) is 3.26. The molecule has 1 aromatic carbocycles. The summed E-state index contributed by atoms with van der Waals surface area (Å²) >= 11 is 7.65. The number of halogens is 1. The van der Waals surface area contributed by atoms with E-state index in [-0.39, 0.29) is 37.4 Å². The zero-order chi connectivity index (χ0) is 22.3. The lowest BCUT2D eigenvalue weighted by Gasteiger charge is -2.29. The molecule has 0 spiro atoms. The molecule has 4 rings (SSSR count). The highest BCUT2D eigenvalue weighted by Crippen LogP contribution is 2.34. The minimum absolute atomic E-state index is 0.212. The number of rotatable bonds is 4. The second kappa shape index (κ2) is 8.32. The van der Waals surface area contributed by atoms with Crippen molar-refractivity contribution in [1.82, 2.24) is 15.5 Å². The van der Waals surface area contributed by atoms with Crippen molar-refractivity contribution in [2.45, 2.75) is 38.9 Å². The summed E-state index contributed by atoms with van der Waals surface area (Å²) in [5.41, 5.74) is 2.97. The molecule has 2 N–H and O–H groups in total. The van der Waals surface area contributed by atoms with Crippen LogP contribution in [0.1, 0.15) is 39.2 Å². The van der Waals surface area contributed by atoms with Crippen LogP contribution in [-0.2, 0) is 22.7 Å². The second-order valence-electron chi connectivity index (χ2n) is 7.62. The number of carbonyl (C=O) groups is 4. The van der Waals surface area contributed by atoms with Crippen molar-refractivity contribution in [3.05, 3.63) is 50.2 Å². The largest absolute Gasteiger partial charge is 0.333 e. The van der Waals surface area contributed by atoms with Crippen molar-refractivity contribution in [1.29, 1.82) is 0 Å². The standard InChI is InChI=1S/C21H21ClN4O4S/c1-11-3-4-15(14(22)7-11)25(2)21(30)23-8-17-12-9-26(20(29)13(12)10-31-17)16-5-6-18(27)24-19(16)28/h3-4,7,10,16H,5-6,8-9H2,1-2H3,(H,23,30)(H,24,27,28). The number of aryl methyl sites for hydroxylation is 1. The first-order chi connectivity index (χ1) is 14.8. The van der Waals surface area contributed by atoms with Crippen LogP contribution in [0.25, 0.3) is 0 Å². The number of thiophene rings is 1. The van der Waals surface area contributed by atoms with Crippen LogP contribution in [0.2, 0.25) is 5.02 Å². The van der Waals surface area contributed by atoms with Crippen LogP contribution in [0.5, 0.6) is 0 Å². The Morgan fingerprint density at radius 1 is 1.35 bits per heavy atom. The van der Waals surface area contributed by atoms with Crippen molar-refractivity contribution < 1.29 is 19.2 Å². The van der Waals surface area contributed by atoms with Gasteiger partial charge in [-0.1, -0.05) is 17.7 Å². The number of benzene rings is 1. The molecule has 0 saturated carbocycles. The van der Waals surface area contributed by atoms with Gasteiger partial charge in [0, 0.05) is 30.3 Å². The summed E-state index contributed by atoms with van der Waals surface area (Å²) in [7, 11) is 1.64. The summed E-state index contributed by atoms with van der Waals surface area (Å²) in [5.74, 6) is -0.977. The van der Waals surface area contributed by atoms with E-state index in [4.69, 9.17) is 11.6 Å². The number of carbonyl (C=O) groups excluding carboxylic acids is 4. The van der Waals surface area contributed by atoms with Crippen LogP contribution in [0.3, 0.4) is 0 Å². The molecule has 8 nitrogen and oxygen atoms in total. The summed E-state index contributed by atoms with van der Waals surface area (Å²) in [5, 5.41) is 7.40. The Hall–Kier alpha value is -2.91. The van der Waals surface area contributed by atoms with Gasteiger partial charge in [0.2, 0.25) is 11.8 Å². The van der Waals surface area contributed by atoms with Gasteiger partial charge in [-0.3, -0.25) is 24.6 Å². The van der Waals surface area contributed by atoms with E-state index in [0.717, 1.165) is 16.0 Å². The lowest BCUT2D eigenvalue weighted by molar-refractivity contribution is -0.136. The number of piperidine rings is 1. The molecule has 1 aromatic heterocycles. The lowest BCUT2D eigenvalue weighted by Crippen LogP contribution is -2.52. The van der Waals surface area contributed by atoms with E-state index in [2.05, 4.69) is 10.6 Å². The van der Waals surface area contributed by atoms with Gasteiger partial charge in [-0.2, -0.15) is 0 Å². The average molecular weight is 461 g/mol. The Labute approximate surface area is 188 Å². The van der Waals surface area contributed by atoms with Gasteiger partial charge in [-0.15, -0.1) is 11.3 Å². The molecule has 2 aliphatic rings. The summed E-state index contributed by atoms with van der Waals surface area (Å²) in [4.78, 5) is 52.8. The van der Waals surface area contributed by atoms with E-state index in [1.807, 2.05) is 13.0 Å². The fourth-order valence-corrected chi connectivity index (χ4v) is 5.16. The van der Waals surface area contributed by atoms with Crippen LogP contribution in [0, 0.1) is 6.92 Å². The van der Waals surface area contributed by atoms with E-state index < -0.39 is 11.9 Å². The predicted octanol–water partition coefficient (Wildman–Crippen LogP) is 2.82. The number of amides is 5. The maximum absolute atomic E-state index is 12.8. The van der Waals surface area contributed by atoms with Gasteiger partial charge in [0.25, 0.3) is 5.91 Å². The highest BCUT2D eigenvalue weighted by molar-refractivity contribution is 7.10. The molecule has 2 aromatic rings. The molecule has 1 saturated heterocycles.